The van der Waals surface area contributed by atoms with E-state index in [1.165, 1.54) is 13.8 Å². The van der Waals surface area contributed by atoms with Crippen LogP contribution in [-0.4, -0.2) is 131 Å². The van der Waals surface area contributed by atoms with Gasteiger partial charge in [0.2, 0.25) is 0 Å². The highest BCUT2D eigenvalue weighted by Gasteiger charge is 2.54. The number of aromatic nitrogens is 2. The smallest absolute Gasteiger partial charge is 0.408 e. The zero-order valence-electron chi connectivity index (χ0n) is 40.0. The number of aliphatic hydroxyl groups excluding tert-OH is 1. The Balaban J connectivity index is 1.81. The Morgan fingerprint density at radius 1 is 1.05 bits per heavy atom. The van der Waals surface area contributed by atoms with Crippen molar-refractivity contribution in [3.8, 4) is 11.4 Å². The van der Waals surface area contributed by atoms with Gasteiger partial charge in [0.05, 0.1) is 24.0 Å². The van der Waals surface area contributed by atoms with Crippen molar-refractivity contribution in [2.75, 3.05) is 20.6 Å². The molecule has 65 heavy (non-hydrogen) atoms. The number of nitrogens with zero attached hydrogens (tertiary/aromatic N) is 3. The molecule has 0 bridgehead atoms. The van der Waals surface area contributed by atoms with Crippen LogP contribution in [0.1, 0.15) is 94.1 Å². The number of likely N-dealkylation sites (N-methyl/N-ethyl adjacent to an activating group) is 1. The van der Waals surface area contributed by atoms with E-state index in [2.05, 4.69) is 15.3 Å². The summed E-state index contributed by atoms with van der Waals surface area (Å²) in [6.45, 7) is 16.7. The summed E-state index contributed by atoms with van der Waals surface area (Å²) in [7, 11) is 3.66. The SMILES string of the molecule is CC[C@H]1OC(=O)[C@H](C)[C@@H](OC(=O)C(C)C)[C@H](C)[C@@H](O[C@@H]2O[C@H](C)C[C@H](N(C)C)[C@H]2O)[C@](C)(OC(=O)NC/C=C/c2ccc(-c3ncccn3)cc2)C[C@@H](C)C(=O)[C@H](C)[C@@H](N)[C@]1(C)OC=O. The molecule has 4 N–H and O–H groups in total. The minimum atomic E-state index is -1.76. The number of aliphatic hydroxyl groups is 1. The average molecular weight is 910 g/mol. The molecule has 4 rings (SSSR count). The van der Waals surface area contributed by atoms with Crippen molar-refractivity contribution < 1.29 is 57.5 Å². The van der Waals surface area contributed by atoms with E-state index in [4.69, 9.17) is 34.2 Å². The second-order valence-electron chi connectivity index (χ2n) is 18.6. The highest BCUT2D eigenvalue weighted by molar-refractivity contribution is 5.84. The van der Waals surface area contributed by atoms with Crippen LogP contribution in [0.4, 0.5) is 4.79 Å². The summed E-state index contributed by atoms with van der Waals surface area (Å²) in [4.78, 5) is 78.9. The van der Waals surface area contributed by atoms with Crippen molar-refractivity contribution in [3.05, 3.63) is 54.4 Å². The first kappa shape index (κ1) is 52.8. The summed E-state index contributed by atoms with van der Waals surface area (Å²) < 4.78 is 37.3. The Morgan fingerprint density at radius 2 is 1.69 bits per heavy atom. The third-order valence-electron chi connectivity index (χ3n) is 12.9. The van der Waals surface area contributed by atoms with Crippen molar-refractivity contribution in [3.63, 3.8) is 0 Å². The molecule has 2 fully saturated rings. The molecule has 2 aromatic rings. The third-order valence-corrected chi connectivity index (χ3v) is 12.9. The number of rotatable bonds is 13. The minimum absolute atomic E-state index is 0.0395. The van der Waals surface area contributed by atoms with E-state index in [0.29, 0.717) is 12.2 Å². The highest BCUT2D eigenvalue weighted by Crippen LogP contribution is 2.41. The van der Waals surface area contributed by atoms with Crippen LogP contribution in [0.15, 0.2) is 48.8 Å². The van der Waals surface area contributed by atoms with Crippen molar-refractivity contribution in [1.82, 2.24) is 20.2 Å². The molecule has 0 unspecified atom stereocenters. The van der Waals surface area contributed by atoms with Crippen LogP contribution in [0.2, 0.25) is 0 Å². The van der Waals surface area contributed by atoms with Crippen molar-refractivity contribution in [1.29, 1.82) is 0 Å². The van der Waals surface area contributed by atoms with E-state index in [9.17, 15) is 29.1 Å². The summed E-state index contributed by atoms with van der Waals surface area (Å²) in [5.41, 5.74) is 5.08. The summed E-state index contributed by atoms with van der Waals surface area (Å²) in [6.07, 6.45) is -0.0887. The third kappa shape index (κ3) is 13.0. The lowest BCUT2D eigenvalue weighted by molar-refractivity contribution is -0.298. The lowest BCUT2D eigenvalue weighted by Crippen LogP contribution is -2.63. The van der Waals surface area contributed by atoms with Gasteiger partial charge in [0, 0.05) is 48.3 Å². The fourth-order valence-corrected chi connectivity index (χ4v) is 9.01. The molecule has 1 aromatic carbocycles. The molecule has 3 heterocycles. The largest absolute Gasteiger partial charge is 0.461 e. The number of nitrogens with two attached hydrogens (primary N) is 1. The minimum Gasteiger partial charge on any atom is -0.461 e. The van der Waals surface area contributed by atoms with E-state index in [-0.39, 0.29) is 37.7 Å². The molecule has 0 spiro atoms. The Labute approximate surface area is 383 Å². The molecular weight excluding hydrogens is 839 g/mol. The van der Waals surface area contributed by atoms with Gasteiger partial charge in [0.1, 0.15) is 35.8 Å². The van der Waals surface area contributed by atoms with Crippen molar-refractivity contribution in [2.45, 2.75) is 149 Å². The molecule has 17 heteroatoms. The molecule has 1 aromatic heterocycles. The van der Waals surface area contributed by atoms with E-state index in [1.807, 2.05) is 56.3 Å². The van der Waals surface area contributed by atoms with Crippen molar-refractivity contribution >= 4 is 36.4 Å². The molecule has 14 atom stereocenters. The summed E-state index contributed by atoms with van der Waals surface area (Å²) in [5.74, 6) is -5.89. The summed E-state index contributed by atoms with van der Waals surface area (Å²) in [6, 6.07) is 7.74. The number of amides is 1. The number of esters is 2. The molecule has 2 saturated heterocycles. The molecule has 360 valence electrons. The normalized spacial score (nSPS) is 34.1. The predicted octanol–water partition coefficient (Wildman–Crippen LogP) is 5.12. The lowest BCUT2D eigenvalue weighted by Gasteiger charge is -2.48. The van der Waals surface area contributed by atoms with Gasteiger partial charge in [0.15, 0.2) is 17.7 Å². The first-order chi connectivity index (χ1) is 30.6. The zero-order chi connectivity index (χ0) is 48.4. The number of nitrogens with one attached hydrogen (secondary N) is 1. The molecule has 17 nitrogen and oxygen atoms in total. The first-order valence-corrected chi connectivity index (χ1v) is 22.6. The van der Waals surface area contributed by atoms with Crippen LogP contribution in [-0.2, 0) is 47.6 Å². The van der Waals surface area contributed by atoms with Gasteiger partial charge in [0.25, 0.3) is 6.47 Å². The molecule has 0 radical (unpaired) electrons. The van der Waals surface area contributed by atoms with E-state index < -0.39 is 102 Å². The van der Waals surface area contributed by atoms with Crippen LogP contribution >= 0.6 is 0 Å². The fourth-order valence-electron chi connectivity index (χ4n) is 9.01. The Morgan fingerprint density at radius 3 is 2.28 bits per heavy atom. The number of alkyl carbamates (subject to hydrolysis) is 1. The van der Waals surface area contributed by atoms with E-state index >= 15 is 0 Å². The molecule has 0 aliphatic carbocycles. The average Bonchev–Trinajstić information content (AvgIpc) is 3.27. The molecule has 1 amide bonds. The van der Waals surface area contributed by atoms with Gasteiger partial charge in [-0.25, -0.2) is 14.8 Å². The Bertz CT molecular complexity index is 1930. The van der Waals surface area contributed by atoms with Gasteiger partial charge < -0.3 is 49.5 Å². The van der Waals surface area contributed by atoms with Gasteiger partial charge in [-0.2, -0.15) is 0 Å². The van der Waals surface area contributed by atoms with Crippen LogP contribution in [0.5, 0.6) is 0 Å². The van der Waals surface area contributed by atoms with Gasteiger partial charge >= 0.3 is 18.0 Å². The van der Waals surface area contributed by atoms with Crippen LogP contribution in [0.3, 0.4) is 0 Å². The predicted molar refractivity (Wildman–Crippen MR) is 241 cm³/mol. The number of carbonyl (C=O) groups is 5. The van der Waals surface area contributed by atoms with Crippen molar-refractivity contribution in [2.24, 2.45) is 35.3 Å². The van der Waals surface area contributed by atoms with Gasteiger partial charge in [-0.05, 0) is 72.7 Å². The number of ketones is 1. The maximum absolute atomic E-state index is 14.5. The monoisotopic (exact) mass is 910 g/mol. The number of hydrogen-bond donors (Lipinski definition) is 3. The number of benzene rings is 1. The Kier molecular flexibility index (Phi) is 18.8. The standard InChI is InChI=1S/C48H71N5O12/c1-13-36-48(10,60-26-54)40(49)30(6)37(55)28(4)25-47(9,65-46(59)52-21-14-16-33-17-19-34(20-18-33)42-50-22-15-23-51-42)41(64-45-38(56)35(53(11)12)24-29(5)61-45)31(7)39(32(8)44(58)62-36)63-43(57)27(2)3/h14-20,22-23,26-32,35-36,38-41,45,56H,13,21,24-25,49H2,1-12H3,(H,52,59)/b16-14+/t28-,29-,30+,31+,32-,35+,36-,38-,39+,40-,41-,45+,47-,48-/m1/s1. The highest BCUT2D eigenvalue weighted by atomic mass is 16.7. The number of carbonyl (C=O) groups excluding carboxylic acids is 5. The number of cyclic esters (lactones) is 1. The zero-order valence-corrected chi connectivity index (χ0v) is 40.0. The second-order valence-corrected chi connectivity index (χ2v) is 18.6. The molecule has 2 aliphatic heterocycles. The number of hydrogen-bond acceptors (Lipinski definition) is 16. The number of Topliss-reactive ketones (excluding diaryl/α,β-unsaturated/α-hetero) is 1. The van der Waals surface area contributed by atoms with Gasteiger partial charge in [-0.3, -0.25) is 19.2 Å². The Hall–Kier alpha value is -4.81. The van der Waals surface area contributed by atoms with Gasteiger partial charge in [-0.1, -0.05) is 78.0 Å². The maximum atomic E-state index is 14.5. The van der Waals surface area contributed by atoms with E-state index in [0.717, 1.165) is 11.1 Å². The lowest BCUT2D eigenvalue weighted by atomic mass is 9.73. The number of ether oxygens (including phenoxy) is 6. The van der Waals surface area contributed by atoms with E-state index in [1.54, 1.807) is 73.0 Å². The maximum Gasteiger partial charge on any atom is 0.408 e. The van der Waals surface area contributed by atoms with Crippen LogP contribution in [0.25, 0.3) is 17.5 Å². The molecular formula is C48H71N5O12. The van der Waals surface area contributed by atoms with Crippen LogP contribution in [0, 0.1) is 29.6 Å². The summed E-state index contributed by atoms with van der Waals surface area (Å²) in [5, 5.41) is 14.5. The fraction of sp³-hybridized carbons (Fsp3) is 0.646. The van der Waals surface area contributed by atoms with Crippen LogP contribution < -0.4 is 11.1 Å². The first-order valence-electron chi connectivity index (χ1n) is 22.6. The molecule has 0 saturated carbocycles. The molecule has 2 aliphatic rings. The quantitative estimate of drug-likeness (QED) is 0.135. The summed E-state index contributed by atoms with van der Waals surface area (Å²) >= 11 is 0. The van der Waals surface area contributed by atoms with Gasteiger partial charge in [-0.15, -0.1) is 0 Å². The topological polar surface area (TPSA) is 228 Å². The second kappa shape index (κ2) is 23.1.